The normalized spacial score (nSPS) is 21.6. The van der Waals surface area contributed by atoms with Gasteiger partial charge >= 0.3 is 0 Å². The minimum Gasteiger partial charge on any atom is -0.367 e. The van der Waals surface area contributed by atoms with Crippen LogP contribution in [0.4, 0.5) is 0 Å². The van der Waals surface area contributed by atoms with Gasteiger partial charge in [-0.25, -0.2) is 0 Å². The van der Waals surface area contributed by atoms with Gasteiger partial charge in [-0.2, -0.15) is 0 Å². The SMILES string of the molecule is C=CCNC(=O)CO[C@H]1CCCNC1. The highest BCUT2D eigenvalue weighted by Crippen LogP contribution is 2.05. The topological polar surface area (TPSA) is 50.4 Å². The third kappa shape index (κ3) is 4.39. The quantitative estimate of drug-likeness (QED) is 0.614. The van der Waals surface area contributed by atoms with E-state index >= 15 is 0 Å². The van der Waals surface area contributed by atoms with E-state index in [0.717, 1.165) is 25.9 Å². The van der Waals surface area contributed by atoms with E-state index in [1.165, 1.54) is 0 Å². The van der Waals surface area contributed by atoms with Crippen molar-refractivity contribution in [2.45, 2.75) is 18.9 Å². The first-order valence-electron chi connectivity index (χ1n) is 5.03. The number of hydrogen-bond donors (Lipinski definition) is 2. The van der Waals surface area contributed by atoms with Gasteiger partial charge in [0.05, 0.1) is 6.10 Å². The van der Waals surface area contributed by atoms with Gasteiger partial charge in [-0.05, 0) is 19.4 Å². The van der Waals surface area contributed by atoms with Crippen molar-refractivity contribution in [3.05, 3.63) is 12.7 Å². The van der Waals surface area contributed by atoms with E-state index < -0.39 is 0 Å². The van der Waals surface area contributed by atoms with Crippen LogP contribution in [-0.4, -0.2) is 38.3 Å². The van der Waals surface area contributed by atoms with Gasteiger partial charge in [0.2, 0.25) is 5.91 Å². The van der Waals surface area contributed by atoms with Crippen molar-refractivity contribution in [3.63, 3.8) is 0 Å². The lowest BCUT2D eigenvalue weighted by atomic mass is 10.1. The zero-order chi connectivity index (χ0) is 10.2. The first-order chi connectivity index (χ1) is 6.83. The third-order valence-electron chi connectivity index (χ3n) is 2.15. The van der Waals surface area contributed by atoms with Gasteiger partial charge in [-0.1, -0.05) is 6.08 Å². The van der Waals surface area contributed by atoms with Crippen molar-refractivity contribution in [1.82, 2.24) is 10.6 Å². The lowest BCUT2D eigenvalue weighted by Crippen LogP contribution is -2.38. The maximum atomic E-state index is 11.1. The Kier molecular flexibility index (Phi) is 5.25. The van der Waals surface area contributed by atoms with E-state index in [1.807, 2.05) is 0 Å². The summed E-state index contributed by atoms with van der Waals surface area (Å²) in [7, 11) is 0. The number of piperidine rings is 1. The summed E-state index contributed by atoms with van der Waals surface area (Å²) in [4.78, 5) is 11.1. The lowest BCUT2D eigenvalue weighted by Gasteiger charge is -2.22. The number of rotatable bonds is 5. The molecule has 0 aromatic heterocycles. The molecule has 80 valence electrons. The largest absolute Gasteiger partial charge is 0.367 e. The fraction of sp³-hybridized carbons (Fsp3) is 0.700. The summed E-state index contributed by atoms with van der Waals surface area (Å²) < 4.78 is 5.43. The Bertz CT molecular complexity index is 189. The molecule has 0 aromatic rings. The van der Waals surface area contributed by atoms with E-state index in [0.29, 0.717) is 6.54 Å². The molecule has 0 aromatic carbocycles. The fourth-order valence-corrected chi connectivity index (χ4v) is 1.39. The second-order valence-electron chi connectivity index (χ2n) is 3.37. The predicted octanol–water partition coefficient (Wildman–Crippen LogP) is 0.0572. The van der Waals surface area contributed by atoms with Gasteiger partial charge in [-0.15, -0.1) is 6.58 Å². The molecule has 2 N–H and O–H groups in total. The molecular formula is C10H18N2O2. The van der Waals surface area contributed by atoms with Crippen LogP contribution in [0.1, 0.15) is 12.8 Å². The van der Waals surface area contributed by atoms with E-state index in [4.69, 9.17) is 4.74 Å². The average molecular weight is 198 g/mol. The van der Waals surface area contributed by atoms with Crippen molar-refractivity contribution in [2.75, 3.05) is 26.2 Å². The van der Waals surface area contributed by atoms with Crippen molar-refractivity contribution in [2.24, 2.45) is 0 Å². The van der Waals surface area contributed by atoms with E-state index in [1.54, 1.807) is 6.08 Å². The summed E-state index contributed by atoms with van der Waals surface area (Å²) in [6.45, 7) is 6.09. The molecule has 4 heteroatoms. The number of amides is 1. The zero-order valence-electron chi connectivity index (χ0n) is 8.42. The highest BCUT2D eigenvalue weighted by Gasteiger charge is 2.14. The summed E-state index contributed by atoms with van der Waals surface area (Å²) >= 11 is 0. The number of hydrogen-bond acceptors (Lipinski definition) is 3. The molecule has 0 bridgehead atoms. The maximum absolute atomic E-state index is 11.1. The Morgan fingerprint density at radius 1 is 1.71 bits per heavy atom. The number of carbonyl (C=O) groups excluding carboxylic acids is 1. The Labute approximate surface area is 84.7 Å². The highest BCUT2D eigenvalue weighted by atomic mass is 16.5. The van der Waals surface area contributed by atoms with Gasteiger partial charge in [0.25, 0.3) is 0 Å². The zero-order valence-corrected chi connectivity index (χ0v) is 8.42. The van der Waals surface area contributed by atoms with Crippen molar-refractivity contribution in [1.29, 1.82) is 0 Å². The van der Waals surface area contributed by atoms with Gasteiger partial charge in [-0.3, -0.25) is 4.79 Å². The first kappa shape index (κ1) is 11.2. The Morgan fingerprint density at radius 2 is 2.57 bits per heavy atom. The molecule has 1 fully saturated rings. The van der Waals surface area contributed by atoms with Crippen LogP contribution in [0.5, 0.6) is 0 Å². The monoisotopic (exact) mass is 198 g/mol. The Morgan fingerprint density at radius 3 is 3.21 bits per heavy atom. The van der Waals surface area contributed by atoms with Gasteiger partial charge in [0.15, 0.2) is 0 Å². The number of nitrogens with one attached hydrogen (secondary N) is 2. The van der Waals surface area contributed by atoms with Crippen LogP contribution >= 0.6 is 0 Å². The molecule has 1 amide bonds. The molecule has 1 aliphatic rings. The highest BCUT2D eigenvalue weighted by molar-refractivity contribution is 5.77. The predicted molar refractivity (Wildman–Crippen MR) is 55.1 cm³/mol. The Hall–Kier alpha value is -0.870. The molecule has 1 atom stereocenters. The molecule has 0 radical (unpaired) electrons. The van der Waals surface area contributed by atoms with E-state index in [9.17, 15) is 4.79 Å². The Balaban J connectivity index is 2.06. The van der Waals surface area contributed by atoms with Crippen molar-refractivity contribution < 1.29 is 9.53 Å². The molecule has 0 saturated carbocycles. The molecule has 0 unspecified atom stereocenters. The smallest absolute Gasteiger partial charge is 0.246 e. The van der Waals surface area contributed by atoms with Crippen LogP contribution in [0.15, 0.2) is 12.7 Å². The molecule has 0 spiro atoms. The fourth-order valence-electron chi connectivity index (χ4n) is 1.39. The summed E-state index contributed by atoms with van der Waals surface area (Å²) in [6.07, 6.45) is 4.01. The first-order valence-corrected chi connectivity index (χ1v) is 5.03. The van der Waals surface area contributed by atoms with Gasteiger partial charge in [0, 0.05) is 13.1 Å². The summed E-state index contributed by atoms with van der Waals surface area (Å²) in [5, 5.41) is 5.90. The molecule has 4 nitrogen and oxygen atoms in total. The second-order valence-corrected chi connectivity index (χ2v) is 3.37. The van der Waals surface area contributed by atoms with Gasteiger partial charge in [0.1, 0.15) is 6.61 Å². The number of carbonyl (C=O) groups is 1. The van der Waals surface area contributed by atoms with Crippen LogP contribution < -0.4 is 10.6 Å². The van der Waals surface area contributed by atoms with E-state index in [2.05, 4.69) is 17.2 Å². The summed E-state index contributed by atoms with van der Waals surface area (Å²) in [5.41, 5.74) is 0. The standard InChI is InChI=1S/C10H18N2O2/c1-2-5-12-10(13)8-14-9-4-3-6-11-7-9/h2,9,11H,1,3-8H2,(H,12,13)/t9-/m0/s1. The summed E-state index contributed by atoms with van der Waals surface area (Å²) in [6, 6.07) is 0. The minimum absolute atomic E-state index is 0.0736. The maximum Gasteiger partial charge on any atom is 0.246 e. The molecule has 1 rings (SSSR count). The third-order valence-corrected chi connectivity index (χ3v) is 2.15. The van der Waals surface area contributed by atoms with Crippen LogP contribution in [0.2, 0.25) is 0 Å². The minimum atomic E-state index is -0.0736. The molecular weight excluding hydrogens is 180 g/mol. The summed E-state index contributed by atoms with van der Waals surface area (Å²) in [5.74, 6) is -0.0736. The molecule has 0 aliphatic carbocycles. The second kappa shape index (κ2) is 6.56. The number of ether oxygens (including phenoxy) is 1. The van der Waals surface area contributed by atoms with Crippen LogP contribution in [0.25, 0.3) is 0 Å². The van der Waals surface area contributed by atoms with Gasteiger partial charge < -0.3 is 15.4 Å². The van der Waals surface area contributed by atoms with Crippen molar-refractivity contribution in [3.8, 4) is 0 Å². The van der Waals surface area contributed by atoms with E-state index in [-0.39, 0.29) is 18.6 Å². The molecule has 1 aliphatic heterocycles. The van der Waals surface area contributed by atoms with Crippen LogP contribution in [0.3, 0.4) is 0 Å². The average Bonchev–Trinajstić information content (AvgIpc) is 2.25. The van der Waals surface area contributed by atoms with Crippen LogP contribution in [-0.2, 0) is 9.53 Å². The van der Waals surface area contributed by atoms with Crippen molar-refractivity contribution >= 4 is 5.91 Å². The molecule has 14 heavy (non-hydrogen) atoms. The molecule has 1 saturated heterocycles. The van der Waals surface area contributed by atoms with Crippen LogP contribution in [0, 0.1) is 0 Å². The molecule has 1 heterocycles. The lowest BCUT2D eigenvalue weighted by molar-refractivity contribution is -0.127.